The molecular weight excluding hydrogens is 468 g/mol. The second kappa shape index (κ2) is 8.25. The number of methoxy groups -OCH3 is 1. The van der Waals surface area contributed by atoms with Crippen molar-refractivity contribution in [3.63, 3.8) is 0 Å². The molecule has 30 heavy (non-hydrogen) atoms. The molecule has 0 radical (unpaired) electrons. The first-order chi connectivity index (χ1) is 14.5. The molecule has 150 valence electrons. The second-order valence-electron chi connectivity index (χ2n) is 6.37. The first-order valence-electron chi connectivity index (χ1n) is 8.87. The Kier molecular flexibility index (Phi) is 5.52. The minimum Gasteiger partial charge on any atom is -0.497 e. The number of rotatable bonds is 4. The number of furan rings is 1. The quantitative estimate of drug-likeness (QED) is 0.335. The van der Waals surface area contributed by atoms with E-state index in [-0.39, 0.29) is 10.7 Å². The highest BCUT2D eigenvalue weighted by Crippen LogP contribution is 2.28. The summed E-state index contributed by atoms with van der Waals surface area (Å²) in [5.74, 6) is 0.536. The van der Waals surface area contributed by atoms with Gasteiger partial charge in [-0.05, 0) is 66.8 Å². The van der Waals surface area contributed by atoms with Crippen molar-refractivity contribution in [1.82, 2.24) is 5.32 Å². The number of anilines is 1. The monoisotopic (exact) mass is 482 g/mol. The lowest BCUT2D eigenvalue weighted by Crippen LogP contribution is -2.54. The smallest absolute Gasteiger partial charge is 0.270 e. The Bertz CT molecular complexity index is 1180. The number of carbonyl (C=O) groups excluding carboxylic acids is 2. The third kappa shape index (κ3) is 3.92. The van der Waals surface area contributed by atoms with Crippen LogP contribution in [0.4, 0.5) is 5.69 Å². The van der Waals surface area contributed by atoms with Crippen LogP contribution in [-0.4, -0.2) is 24.0 Å². The van der Waals surface area contributed by atoms with Gasteiger partial charge in [0, 0.05) is 10.0 Å². The van der Waals surface area contributed by atoms with Crippen molar-refractivity contribution in [2.45, 2.75) is 0 Å². The van der Waals surface area contributed by atoms with Crippen molar-refractivity contribution in [3.8, 4) is 17.1 Å². The summed E-state index contributed by atoms with van der Waals surface area (Å²) in [6.07, 6.45) is 1.41. The van der Waals surface area contributed by atoms with E-state index in [1.807, 2.05) is 24.3 Å². The summed E-state index contributed by atoms with van der Waals surface area (Å²) in [7, 11) is 1.55. The van der Waals surface area contributed by atoms with Crippen LogP contribution >= 0.6 is 28.1 Å². The molecule has 2 aromatic carbocycles. The normalized spacial score (nSPS) is 15.5. The van der Waals surface area contributed by atoms with Gasteiger partial charge in [-0.15, -0.1) is 0 Å². The van der Waals surface area contributed by atoms with Crippen LogP contribution < -0.4 is 15.0 Å². The Morgan fingerprint density at radius 1 is 1.10 bits per heavy atom. The first kappa shape index (κ1) is 20.1. The highest BCUT2D eigenvalue weighted by molar-refractivity contribution is 9.10. The number of halogens is 1. The maximum atomic E-state index is 13.1. The van der Waals surface area contributed by atoms with E-state index in [0.29, 0.717) is 23.0 Å². The van der Waals surface area contributed by atoms with Gasteiger partial charge in [0.1, 0.15) is 22.8 Å². The Morgan fingerprint density at radius 3 is 2.57 bits per heavy atom. The average Bonchev–Trinajstić information content (AvgIpc) is 3.20. The number of thiocarbonyl (C=S) groups is 1. The van der Waals surface area contributed by atoms with Gasteiger partial charge in [0.25, 0.3) is 11.8 Å². The van der Waals surface area contributed by atoms with Crippen LogP contribution in [0.5, 0.6) is 5.75 Å². The largest absolute Gasteiger partial charge is 0.497 e. The van der Waals surface area contributed by atoms with E-state index in [0.717, 1.165) is 10.0 Å². The third-order valence-corrected chi connectivity index (χ3v) is 5.23. The molecule has 0 saturated carbocycles. The van der Waals surface area contributed by atoms with E-state index < -0.39 is 11.8 Å². The summed E-state index contributed by atoms with van der Waals surface area (Å²) in [5, 5.41) is 2.57. The number of amides is 2. The zero-order valence-corrected chi connectivity index (χ0v) is 18.1. The molecule has 0 aliphatic carbocycles. The van der Waals surface area contributed by atoms with E-state index in [1.54, 1.807) is 43.5 Å². The molecular formula is C22H15BrN2O4S. The molecule has 4 rings (SSSR count). The van der Waals surface area contributed by atoms with Crippen LogP contribution in [0.3, 0.4) is 0 Å². The molecule has 8 heteroatoms. The van der Waals surface area contributed by atoms with Crippen LogP contribution in [0.25, 0.3) is 17.4 Å². The standard InChI is InChI=1S/C22H15BrN2O4S/c1-28-16-7-5-15(6-8-16)25-21(27)18(20(26)24-22(25)30)12-17-9-10-19(29-17)13-3-2-4-14(23)11-13/h2-12H,1H3,(H,24,26,30)/b18-12+. The van der Waals surface area contributed by atoms with Crippen molar-refractivity contribution < 1.29 is 18.7 Å². The van der Waals surface area contributed by atoms with E-state index in [2.05, 4.69) is 21.2 Å². The summed E-state index contributed by atoms with van der Waals surface area (Å²) >= 11 is 8.64. The molecule has 2 heterocycles. The highest BCUT2D eigenvalue weighted by Gasteiger charge is 2.34. The number of hydrogen-bond acceptors (Lipinski definition) is 5. The third-order valence-electron chi connectivity index (χ3n) is 4.45. The number of ether oxygens (including phenoxy) is 1. The summed E-state index contributed by atoms with van der Waals surface area (Å²) in [5.41, 5.74) is 1.31. The first-order valence-corrected chi connectivity index (χ1v) is 10.1. The van der Waals surface area contributed by atoms with E-state index in [9.17, 15) is 9.59 Å². The van der Waals surface area contributed by atoms with Gasteiger partial charge in [-0.1, -0.05) is 28.1 Å². The Morgan fingerprint density at radius 2 is 1.87 bits per heavy atom. The Balaban J connectivity index is 1.66. The molecule has 6 nitrogen and oxygen atoms in total. The van der Waals surface area contributed by atoms with Crippen LogP contribution in [-0.2, 0) is 9.59 Å². The van der Waals surface area contributed by atoms with Crippen LogP contribution in [0.1, 0.15) is 5.76 Å². The molecule has 0 spiro atoms. The summed E-state index contributed by atoms with van der Waals surface area (Å²) in [6, 6.07) is 17.9. The Labute approximate surface area is 186 Å². The van der Waals surface area contributed by atoms with Crippen LogP contribution in [0, 0.1) is 0 Å². The van der Waals surface area contributed by atoms with Gasteiger partial charge in [-0.25, -0.2) is 0 Å². The molecule has 1 N–H and O–H groups in total. The second-order valence-corrected chi connectivity index (χ2v) is 7.67. The fourth-order valence-corrected chi connectivity index (χ4v) is 3.67. The number of carbonyl (C=O) groups is 2. The molecule has 1 saturated heterocycles. The highest BCUT2D eigenvalue weighted by atomic mass is 79.9. The van der Waals surface area contributed by atoms with Gasteiger partial charge < -0.3 is 9.15 Å². The fraction of sp³-hybridized carbons (Fsp3) is 0.0455. The number of nitrogens with zero attached hydrogens (tertiary/aromatic N) is 1. The van der Waals surface area contributed by atoms with Crippen LogP contribution in [0.15, 0.2) is 75.1 Å². The lowest BCUT2D eigenvalue weighted by molar-refractivity contribution is -0.122. The van der Waals surface area contributed by atoms with Crippen LogP contribution in [0.2, 0.25) is 0 Å². The fourth-order valence-electron chi connectivity index (χ4n) is 2.99. The van der Waals surface area contributed by atoms with Gasteiger partial charge in [-0.2, -0.15) is 0 Å². The molecule has 3 aromatic rings. The maximum absolute atomic E-state index is 13.1. The molecule has 1 fully saturated rings. The zero-order chi connectivity index (χ0) is 21.3. The molecule has 0 bridgehead atoms. The van der Waals surface area contributed by atoms with Crippen molar-refractivity contribution in [2.24, 2.45) is 0 Å². The molecule has 0 unspecified atom stereocenters. The molecule has 1 aromatic heterocycles. The predicted octanol–water partition coefficient (Wildman–Crippen LogP) is 4.55. The van der Waals surface area contributed by atoms with Gasteiger partial charge in [0.15, 0.2) is 5.11 Å². The summed E-state index contributed by atoms with van der Waals surface area (Å²) < 4.78 is 11.9. The van der Waals surface area contributed by atoms with Crippen molar-refractivity contribution in [2.75, 3.05) is 12.0 Å². The number of hydrogen-bond donors (Lipinski definition) is 1. The average molecular weight is 483 g/mol. The maximum Gasteiger partial charge on any atom is 0.270 e. The predicted molar refractivity (Wildman–Crippen MR) is 121 cm³/mol. The molecule has 2 amide bonds. The van der Waals surface area contributed by atoms with Crippen molar-refractivity contribution in [1.29, 1.82) is 0 Å². The van der Waals surface area contributed by atoms with E-state index in [4.69, 9.17) is 21.4 Å². The topological polar surface area (TPSA) is 71.8 Å². The van der Waals surface area contributed by atoms with Crippen molar-refractivity contribution in [3.05, 3.63) is 76.5 Å². The van der Waals surface area contributed by atoms with Crippen molar-refractivity contribution >= 4 is 56.8 Å². The summed E-state index contributed by atoms with van der Waals surface area (Å²) in [4.78, 5) is 26.8. The van der Waals surface area contributed by atoms with Gasteiger partial charge in [0.05, 0.1) is 12.8 Å². The lowest BCUT2D eigenvalue weighted by Gasteiger charge is -2.28. The van der Waals surface area contributed by atoms with Gasteiger partial charge in [-0.3, -0.25) is 19.8 Å². The number of benzene rings is 2. The minimum atomic E-state index is -0.574. The van der Waals surface area contributed by atoms with E-state index in [1.165, 1.54) is 11.0 Å². The van der Waals surface area contributed by atoms with Gasteiger partial charge in [0.2, 0.25) is 0 Å². The molecule has 1 aliphatic heterocycles. The van der Waals surface area contributed by atoms with E-state index >= 15 is 0 Å². The zero-order valence-electron chi connectivity index (χ0n) is 15.7. The molecule has 0 atom stereocenters. The SMILES string of the molecule is COc1ccc(N2C(=O)/C(=C/c3ccc(-c4cccc(Br)c4)o3)C(=O)NC2=S)cc1. The number of nitrogens with one attached hydrogen (secondary N) is 1. The van der Waals surface area contributed by atoms with Gasteiger partial charge >= 0.3 is 0 Å². The molecule has 1 aliphatic rings. The minimum absolute atomic E-state index is 0.0154. The summed E-state index contributed by atoms with van der Waals surface area (Å²) in [6.45, 7) is 0. The Hall–Kier alpha value is -3.23. The lowest BCUT2D eigenvalue weighted by atomic mass is 10.1.